The van der Waals surface area contributed by atoms with Crippen LogP contribution in [0.3, 0.4) is 0 Å². The SMILES string of the molecule is COc1ccc(C)cc1C(C)NC(CCO)C1CC1. The number of aryl methyl sites for hydroxylation is 1. The van der Waals surface area contributed by atoms with Crippen molar-refractivity contribution >= 4 is 0 Å². The first kappa shape index (κ1) is 14.4. The summed E-state index contributed by atoms with van der Waals surface area (Å²) >= 11 is 0. The van der Waals surface area contributed by atoms with Crippen LogP contribution in [0.4, 0.5) is 0 Å². The lowest BCUT2D eigenvalue weighted by Gasteiger charge is -2.24. The Labute approximate surface area is 116 Å². The molecule has 1 aromatic carbocycles. The van der Waals surface area contributed by atoms with Crippen LogP contribution in [0.5, 0.6) is 5.75 Å². The van der Waals surface area contributed by atoms with Gasteiger partial charge < -0.3 is 15.2 Å². The van der Waals surface area contributed by atoms with Crippen LogP contribution in [0.2, 0.25) is 0 Å². The number of benzene rings is 1. The van der Waals surface area contributed by atoms with Crippen LogP contribution < -0.4 is 10.1 Å². The minimum Gasteiger partial charge on any atom is -0.496 e. The van der Waals surface area contributed by atoms with E-state index in [-0.39, 0.29) is 12.6 Å². The van der Waals surface area contributed by atoms with E-state index in [4.69, 9.17) is 4.74 Å². The lowest BCUT2D eigenvalue weighted by atomic mass is 10.0. The summed E-state index contributed by atoms with van der Waals surface area (Å²) in [6, 6.07) is 6.94. The molecule has 1 aliphatic carbocycles. The van der Waals surface area contributed by atoms with E-state index in [1.165, 1.54) is 24.0 Å². The van der Waals surface area contributed by atoms with Crippen LogP contribution in [0.25, 0.3) is 0 Å². The fourth-order valence-corrected chi connectivity index (χ4v) is 2.70. The summed E-state index contributed by atoms with van der Waals surface area (Å²) in [6.07, 6.45) is 3.41. The van der Waals surface area contributed by atoms with Gasteiger partial charge in [0.2, 0.25) is 0 Å². The Morgan fingerprint density at radius 1 is 1.42 bits per heavy atom. The maximum atomic E-state index is 9.18. The maximum absolute atomic E-state index is 9.18. The highest BCUT2D eigenvalue weighted by Crippen LogP contribution is 2.36. The molecule has 1 fully saturated rings. The summed E-state index contributed by atoms with van der Waals surface area (Å²) in [6.45, 7) is 4.53. The van der Waals surface area contributed by atoms with Crippen LogP contribution in [-0.4, -0.2) is 24.9 Å². The lowest BCUT2D eigenvalue weighted by molar-refractivity contribution is 0.249. The number of rotatable bonds is 7. The smallest absolute Gasteiger partial charge is 0.123 e. The number of ether oxygens (including phenoxy) is 1. The molecule has 106 valence electrons. The average molecular weight is 263 g/mol. The van der Waals surface area contributed by atoms with E-state index in [1.54, 1.807) is 7.11 Å². The van der Waals surface area contributed by atoms with E-state index in [2.05, 4.69) is 31.3 Å². The van der Waals surface area contributed by atoms with Gasteiger partial charge in [-0.2, -0.15) is 0 Å². The number of aliphatic hydroxyl groups is 1. The number of hydrogen-bond donors (Lipinski definition) is 2. The van der Waals surface area contributed by atoms with Gasteiger partial charge in [0, 0.05) is 24.3 Å². The first-order chi connectivity index (χ1) is 9.15. The Hall–Kier alpha value is -1.06. The number of aliphatic hydroxyl groups excluding tert-OH is 1. The molecule has 1 aromatic rings. The van der Waals surface area contributed by atoms with E-state index >= 15 is 0 Å². The molecule has 1 aliphatic rings. The zero-order valence-corrected chi connectivity index (χ0v) is 12.1. The molecule has 2 unspecified atom stereocenters. The van der Waals surface area contributed by atoms with Gasteiger partial charge in [0.05, 0.1) is 7.11 Å². The van der Waals surface area contributed by atoms with Gasteiger partial charge in [-0.05, 0) is 45.1 Å². The second kappa shape index (κ2) is 6.40. The Kier molecular flexibility index (Phi) is 4.83. The van der Waals surface area contributed by atoms with E-state index in [1.807, 2.05) is 6.07 Å². The molecule has 3 heteroatoms. The van der Waals surface area contributed by atoms with Gasteiger partial charge in [-0.25, -0.2) is 0 Å². The average Bonchev–Trinajstić information content (AvgIpc) is 3.22. The van der Waals surface area contributed by atoms with Crippen LogP contribution in [0.15, 0.2) is 18.2 Å². The van der Waals surface area contributed by atoms with Gasteiger partial charge in [0.15, 0.2) is 0 Å². The van der Waals surface area contributed by atoms with E-state index < -0.39 is 0 Å². The third kappa shape index (κ3) is 3.71. The van der Waals surface area contributed by atoms with E-state index in [0.717, 1.165) is 18.1 Å². The Morgan fingerprint density at radius 3 is 2.74 bits per heavy atom. The first-order valence-corrected chi connectivity index (χ1v) is 7.17. The van der Waals surface area contributed by atoms with E-state index in [0.29, 0.717) is 6.04 Å². The van der Waals surface area contributed by atoms with Crippen LogP contribution in [-0.2, 0) is 0 Å². The number of nitrogens with one attached hydrogen (secondary N) is 1. The summed E-state index contributed by atoms with van der Waals surface area (Å²) in [5, 5.41) is 12.8. The second-order valence-electron chi connectivity index (χ2n) is 5.59. The largest absolute Gasteiger partial charge is 0.496 e. The maximum Gasteiger partial charge on any atom is 0.123 e. The van der Waals surface area contributed by atoms with Gasteiger partial charge in [0.1, 0.15) is 5.75 Å². The normalized spacial score (nSPS) is 18.1. The molecule has 0 aromatic heterocycles. The third-order valence-corrected chi connectivity index (χ3v) is 3.95. The molecule has 2 atom stereocenters. The molecule has 0 heterocycles. The minimum absolute atomic E-state index is 0.243. The summed E-state index contributed by atoms with van der Waals surface area (Å²) < 4.78 is 5.45. The van der Waals surface area contributed by atoms with Crippen molar-refractivity contribution in [3.8, 4) is 5.75 Å². The van der Waals surface area contributed by atoms with Crippen molar-refractivity contribution in [3.05, 3.63) is 29.3 Å². The van der Waals surface area contributed by atoms with Crippen molar-refractivity contribution in [2.45, 2.75) is 45.2 Å². The minimum atomic E-state index is 0.243. The molecule has 1 saturated carbocycles. The topological polar surface area (TPSA) is 41.5 Å². The number of hydrogen-bond acceptors (Lipinski definition) is 3. The second-order valence-corrected chi connectivity index (χ2v) is 5.59. The molecule has 2 rings (SSSR count). The molecule has 0 amide bonds. The van der Waals surface area contributed by atoms with Gasteiger partial charge in [-0.15, -0.1) is 0 Å². The van der Waals surface area contributed by atoms with Crippen LogP contribution in [0.1, 0.15) is 43.4 Å². The molecular formula is C16H25NO2. The molecule has 0 radical (unpaired) electrons. The molecule has 0 spiro atoms. The van der Waals surface area contributed by atoms with Crippen molar-refractivity contribution in [1.29, 1.82) is 0 Å². The third-order valence-electron chi connectivity index (χ3n) is 3.95. The molecular weight excluding hydrogens is 238 g/mol. The predicted octanol–water partition coefficient (Wildman–Crippen LogP) is 2.82. The standard InChI is InChI=1S/C16H25NO2/c1-11-4-7-16(19-3)14(10-11)12(2)17-15(8-9-18)13-5-6-13/h4,7,10,12-13,15,17-18H,5-6,8-9H2,1-3H3. The zero-order valence-electron chi connectivity index (χ0n) is 12.1. The van der Waals surface area contributed by atoms with Crippen molar-refractivity contribution in [2.24, 2.45) is 5.92 Å². The lowest BCUT2D eigenvalue weighted by Crippen LogP contribution is -2.34. The van der Waals surface area contributed by atoms with Crippen molar-refractivity contribution < 1.29 is 9.84 Å². The Balaban J connectivity index is 2.09. The molecule has 3 nitrogen and oxygen atoms in total. The summed E-state index contributed by atoms with van der Waals surface area (Å²) in [4.78, 5) is 0. The highest BCUT2D eigenvalue weighted by molar-refractivity contribution is 5.38. The van der Waals surface area contributed by atoms with E-state index in [9.17, 15) is 5.11 Å². The first-order valence-electron chi connectivity index (χ1n) is 7.17. The predicted molar refractivity (Wildman–Crippen MR) is 77.5 cm³/mol. The summed E-state index contributed by atoms with van der Waals surface area (Å²) in [5.41, 5.74) is 2.45. The molecule has 2 N–H and O–H groups in total. The van der Waals surface area contributed by atoms with Crippen molar-refractivity contribution in [1.82, 2.24) is 5.32 Å². The van der Waals surface area contributed by atoms with Gasteiger partial charge in [0.25, 0.3) is 0 Å². The highest BCUT2D eigenvalue weighted by Gasteiger charge is 2.31. The fraction of sp³-hybridized carbons (Fsp3) is 0.625. The molecule has 0 saturated heterocycles. The van der Waals surface area contributed by atoms with Crippen molar-refractivity contribution in [3.63, 3.8) is 0 Å². The Morgan fingerprint density at radius 2 is 2.16 bits per heavy atom. The fourth-order valence-electron chi connectivity index (χ4n) is 2.70. The van der Waals surface area contributed by atoms with Crippen LogP contribution in [0, 0.1) is 12.8 Å². The summed E-state index contributed by atoms with van der Waals surface area (Å²) in [7, 11) is 1.72. The quantitative estimate of drug-likeness (QED) is 0.795. The van der Waals surface area contributed by atoms with Crippen LogP contribution >= 0.6 is 0 Å². The molecule has 19 heavy (non-hydrogen) atoms. The monoisotopic (exact) mass is 263 g/mol. The van der Waals surface area contributed by atoms with Crippen molar-refractivity contribution in [2.75, 3.05) is 13.7 Å². The molecule has 0 aliphatic heterocycles. The summed E-state index contributed by atoms with van der Waals surface area (Å²) in [5.74, 6) is 1.68. The van der Waals surface area contributed by atoms with Gasteiger partial charge in [-0.1, -0.05) is 17.7 Å². The Bertz CT molecular complexity index is 415. The van der Waals surface area contributed by atoms with Gasteiger partial charge >= 0.3 is 0 Å². The van der Waals surface area contributed by atoms with Gasteiger partial charge in [-0.3, -0.25) is 0 Å². The molecule has 0 bridgehead atoms. The highest BCUT2D eigenvalue weighted by atomic mass is 16.5. The zero-order chi connectivity index (χ0) is 13.8. The number of methoxy groups -OCH3 is 1.